The molecule has 1 aromatic heterocycles. The van der Waals surface area contributed by atoms with Gasteiger partial charge in [-0.15, -0.1) is 0 Å². The fourth-order valence-electron chi connectivity index (χ4n) is 2.25. The number of ether oxygens (including phenoxy) is 1. The Bertz CT molecular complexity index is 492. The summed E-state index contributed by atoms with van der Waals surface area (Å²) >= 11 is 6.05. The van der Waals surface area contributed by atoms with Crippen LogP contribution in [0.15, 0.2) is 12.1 Å². The first-order chi connectivity index (χ1) is 10.1. The second kappa shape index (κ2) is 7.59. The van der Waals surface area contributed by atoms with Crippen LogP contribution in [0.25, 0.3) is 0 Å². The van der Waals surface area contributed by atoms with Gasteiger partial charge in [0.1, 0.15) is 11.5 Å². The van der Waals surface area contributed by atoms with Gasteiger partial charge in [0.15, 0.2) is 0 Å². The van der Waals surface area contributed by atoms with E-state index in [9.17, 15) is 4.79 Å². The minimum Gasteiger partial charge on any atom is -0.379 e. The fourth-order valence-corrected chi connectivity index (χ4v) is 2.44. The smallest absolute Gasteiger partial charge is 0.271 e. The Kier molecular flexibility index (Phi) is 5.78. The van der Waals surface area contributed by atoms with Gasteiger partial charge < -0.3 is 15.4 Å². The Morgan fingerprint density at radius 2 is 2.19 bits per heavy atom. The van der Waals surface area contributed by atoms with Crippen LogP contribution in [-0.2, 0) is 4.74 Å². The molecule has 1 unspecified atom stereocenters. The Morgan fingerprint density at radius 3 is 2.86 bits per heavy atom. The molecule has 2 heterocycles. The van der Waals surface area contributed by atoms with Crippen molar-refractivity contribution in [2.45, 2.75) is 13.0 Å². The predicted octanol–water partition coefficient (Wildman–Crippen LogP) is 1.23. The molecule has 1 atom stereocenters. The number of hydrogen-bond acceptors (Lipinski definition) is 5. The second-order valence-electron chi connectivity index (χ2n) is 5.06. The standard InChI is InChI=1S/C14H21ClN4O2/c1-10(9-19-5-7-21-8-6-19)17-14(20)13-11(15)3-4-12(16-2)18-13/h3-4,10H,5-9H2,1-2H3,(H,16,18)(H,17,20). The molecular weight excluding hydrogens is 292 g/mol. The molecule has 0 aliphatic carbocycles. The van der Waals surface area contributed by atoms with Crippen LogP contribution in [0.4, 0.5) is 5.82 Å². The Hall–Kier alpha value is -1.37. The van der Waals surface area contributed by atoms with Crippen molar-refractivity contribution >= 4 is 23.3 Å². The Morgan fingerprint density at radius 1 is 1.48 bits per heavy atom. The number of amides is 1. The van der Waals surface area contributed by atoms with Gasteiger partial charge in [-0.25, -0.2) is 4.98 Å². The maximum Gasteiger partial charge on any atom is 0.271 e. The SMILES string of the molecule is CNc1ccc(Cl)c(C(=O)NC(C)CN2CCOCC2)n1. The van der Waals surface area contributed by atoms with Crippen molar-refractivity contribution in [1.29, 1.82) is 0 Å². The van der Waals surface area contributed by atoms with E-state index in [2.05, 4.69) is 20.5 Å². The molecule has 0 spiro atoms. The monoisotopic (exact) mass is 312 g/mol. The number of rotatable bonds is 5. The van der Waals surface area contributed by atoms with Crippen molar-refractivity contribution < 1.29 is 9.53 Å². The average Bonchev–Trinajstić information content (AvgIpc) is 2.48. The van der Waals surface area contributed by atoms with Crippen LogP contribution in [-0.4, -0.2) is 61.7 Å². The number of hydrogen-bond donors (Lipinski definition) is 2. The molecule has 0 bridgehead atoms. The van der Waals surface area contributed by atoms with Gasteiger partial charge >= 0.3 is 0 Å². The molecule has 2 N–H and O–H groups in total. The van der Waals surface area contributed by atoms with Crippen LogP contribution in [0.1, 0.15) is 17.4 Å². The third kappa shape index (κ3) is 4.56. The van der Waals surface area contributed by atoms with E-state index >= 15 is 0 Å². The molecule has 1 saturated heterocycles. The van der Waals surface area contributed by atoms with E-state index in [1.165, 1.54) is 0 Å². The fraction of sp³-hybridized carbons (Fsp3) is 0.571. The third-order valence-electron chi connectivity index (χ3n) is 3.33. The Balaban J connectivity index is 1.93. The number of halogens is 1. The molecule has 116 valence electrons. The lowest BCUT2D eigenvalue weighted by atomic mass is 10.2. The highest BCUT2D eigenvalue weighted by Gasteiger charge is 2.18. The van der Waals surface area contributed by atoms with Crippen molar-refractivity contribution in [3.05, 3.63) is 22.8 Å². The summed E-state index contributed by atoms with van der Waals surface area (Å²) in [6.07, 6.45) is 0. The van der Waals surface area contributed by atoms with Crippen LogP contribution in [0.3, 0.4) is 0 Å². The highest BCUT2D eigenvalue weighted by Crippen LogP contribution is 2.16. The quantitative estimate of drug-likeness (QED) is 0.856. The third-order valence-corrected chi connectivity index (χ3v) is 3.64. The normalized spacial score (nSPS) is 17.3. The summed E-state index contributed by atoms with van der Waals surface area (Å²) in [4.78, 5) is 18.7. The van der Waals surface area contributed by atoms with Crippen molar-refractivity contribution in [1.82, 2.24) is 15.2 Å². The zero-order chi connectivity index (χ0) is 15.2. The van der Waals surface area contributed by atoms with E-state index < -0.39 is 0 Å². The summed E-state index contributed by atoms with van der Waals surface area (Å²) in [6.45, 7) is 6.06. The van der Waals surface area contributed by atoms with Crippen molar-refractivity contribution in [2.75, 3.05) is 45.2 Å². The van der Waals surface area contributed by atoms with E-state index in [0.29, 0.717) is 10.8 Å². The zero-order valence-corrected chi connectivity index (χ0v) is 13.1. The van der Waals surface area contributed by atoms with Gasteiger partial charge in [-0.3, -0.25) is 9.69 Å². The number of nitrogens with one attached hydrogen (secondary N) is 2. The van der Waals surface area contributed by atoms with Crippen LogP contribution in [0.2, 0.25) is 5.02 Å². The molecule has 21 heavy (non-hydrogen) atoms. The lowest BCUT2D eigenvalue weighted by molar-refractivity contribution is 0.0342. The molecule has 2 rings (SSSR count). The highest BCUT2D eigenvalue weighted by molar-refractivity contribution is 6.33. The lowest BCUT2D eigenvalue weighted by Gasteiger charge is -2.29. The molecule has 6 nitrogen and oxygen atoms in total. The molecule has 1 aromatic rings. The molecule has 1 amide bonds. The van der Waals surface area contributed by atoms with Crippen molar-refractivity contribution in [2.24, 2.45) is 0 Å². The maximum atomic E-state index is 12.3. The van der Waals surface area contributed by atoms with Crippen molar-refractivity contribution in [3.8, 4) is 0 Å². The van der Waals surface area contributed by atoms with Gasteiger partial charge in [0, 0.05) is 32.7 Å². The summed E-state index contributed by atoms with van der Waals surface area (Å²) in [6, 6.07) is 3.42. The summed E-state index contributed by atoms with van der Waals surface area (Å²) in [5.41, 5.74) is 0.248. The zero-order valence-electron chi connectivity index (χ0n) is 12.4. The molecular formula is C14H21ClN4O2. The maximum absolute atomic E-state index is 12.3. The van der Waals surface area contributed by atoms with E-state index in [0.717, 1.165) is 32.8 Å². The average molecular weight is 313 g/mol. The van der Waals surface area contributed by atoms with Gasteiger partial charge in [0.2, 0.25) is 0 Å². The summed E-state index contributed by atoms with van der Waals surface area (Å²) in [5, 5.41) is 6.19. The molecule has 7 heteroatoms. The van der Waals surface area contributed by atoms with Crippen LogP contribution in [0, 0.1) is 0 Å². The molecule has 1 aliphatic rings. The number of carbonyl (C=O) groups excluding carboxylic acids is 1. The first-order valence-corrected chi connectivity index (χ1v) is 7.43. The largest absolute Gasteiger partial charge is 0.379 e. The number of pyridine rings is 1. The molecule has 0 radical (unpaired) electrons. The van der Waals surface area contributed by atoms with Gasteiger partial charge in [-0.2, -0.15) is 0 Å². The lowest BCUT2D eigenvalue weighted by Crippen LogP contribution is -2.46. The first kappa shape index (κ1) is 16.0. The van der Waals surface area contributed by atoms with Gasteiger partial charge in [0.05, 0.1) is 18.2 Å². The minimum atomic E-state index is -0.252. The number of aromatic nitrogens is 1. The number of nitrogens with zero attached hydrogens (tertiary/aromatic N) is 2. The molecule has 1 fully saturated rings. The summed E-state index contributed by atoms with van der Waals surface area (Å²) < 4.78 is 5.31. The van der Waals surface area contributed by atoms with E-state index in [1.54, 1.807) is 19.2 Å². The van der Waals surface area contributed by atoms with E-state index in [4.69, 9.17) is 16.3 Å². The van der Waals surface area contributed by atoms with Gasteiger partial charge in [0.25, 0.3) is 5.91 Å². The molecule has 0 saturated carbocycles. The second-order valence-corrected chi connectivity index (χ2v) is 5.47. The van der Waals surface area contributed by atoms with Crippen LogP contribution < -0.4 is 10.6 Å². The van der Waals surface area contributed by atoms with E-state index in [1.807, 2.05) is 6.92 Å². The first-order valence-electron chi connectivity index (χ1n) is 7.05. The summed E-state index contributed by atoms with van der Waals surface area (Å²) in [5.74, 6) is 0.364. The number of morpholine rings is 1. The molecule has 0 aromatic carbocycles. The van der Waals surface area contributed by atoms with Gasteiger partial charge in [-0.1, -0.05) is 11.6 Å². The van der Waals surface area contributed by atoms with E-state index in [-0.39, 0.29) is 17.6 Å². The Labute approximate surface area is 129 Å². The minimum absolute atomic E-state index is 0.0201. The predicted molar refractivity (Wildman–Crippen MR) is 83.0 cm³/mol. The highest BCUT2D eigenvalue weighted by atomic mass is 35.5. The topological polar surface area (TPSA) is 66.5 Å². The van der Waals surface area contributed by atoms with Crippen LogP contribution >= 0.6 is 11.6 Å². The van der Waals surface area contributed by atoms with Crippen LogP contribution in [0.5, 0.6) is 0 Å². The summed E-state index contributed by atoms with van der Waals surface area (Å²) in [7, 11) is 1.75. The molecule has 1 aliphatic heterocycles. The number of anilines is 1. The number of carbonyl (C=O) groups is 1. The van der Waals surface area contributed by atoms with Gasteiger partial charge in [-0.05, 0) is 19.1 Å². The van der Waals surface area contributed by atoms with Crippen molar-refractivity contribution in [3.63, 3.8) is 0 Å².